The molecule has 0 saturated carbocycles. The number of nitrogens with two attached hydrogens (primary N) is 1. The fourth-order valence-electron chi connectivity index (χ4n) is 3.33. The molecular formula is C15H29N3O. The predicted molar refractivity (Wildman–Crippen MR) is 77.9 cm³/mol. The van der Waals surface area contributed by atoms with Gasteiger partial charge in [0.05, 0.1) is 0 Å². The molecule has 0 aliphatic carbocycles. The van der Waals surface area contributed by atoms with Crippen LogP contribution in [-0.2, 0) is 4.79 Å². The lowest BCUT2D eigenvalue weighted by atomic mass is 10.0. The molecule has 0 aromatic rings. The Hall–Kier alpha value is -0.610. The van der Waals surface area contributed by atoms with Gasteiger partial charge < -0.3 is 10.6 Å². The molecule has 2 saturated heterocycles. The van der Waals surface area contributed by atoms with Crippen molar-refractivity contribution >= 4 is 5.91 Å². The molecule has 1 amide bonds. The molecule has 2 atom stereocenters. The lowest BCUT2D eigenvalue weighted by Crippen LogP contribution is -2.37. The van der Waals surface area contributed by atoms with E-state index in [-0.39, 0.29) is 0 Å². The minimum atomic E-state index is 0.352. The van der Waals surface area contributed by atoms with E-state index in [0.717, 1.165) is 32.5 Å². The summed E-state index contributed by atoms with van der Waals surface area (Å²) in [7, 11) is 0. The number of rotatable bonds is 6. The summed E-state index contributed by atoms with van der Waals surface area (Å²) in [5.41, 5.74) is 5.55. The van der Waals surface area contributed by atoms with E-state index < -0.39 is 0 Å². The summed E-state index contributed by atoms with van der Waals surface area (Å²) in [5, 5.41) is 0. The van der Waals surface area contributed by atoms with Crippen LogP contribution in [0.1, 0.15) is 45.4 Å². The molecule has 2 fully saturated rings. The first-order chi connectivity index (χ1) is 9.20. The minimum absolute atomic E-state index is 0.352. The van der Waals surface area contributed by atoms with Crippen molar-refractivity contribution in [3.8, 4) is 0 Å². The zero-order valence-corrected chi connectivity index (χ0v) is 12.3. The molecule has 110 valence electrons. The van der Waals surface area contributed by atoms with E-state index in [0.29, 0.717) is 24.3 Å². The summed E-state index contributed by atoms with van der Waals surface area (Å²) >= 11 is 0. The SMILES string of the molecule is CC(CCN)CCC(=O)N1CCC(N2CCCC2)C1. The molecule has 2 aliphatic heterocycles. The van der Waals surface area contributed by atoms with Crippen molar-refractivity contribution in [1.82, 2.24) is 9.80 Å². The second-order valence-electron chi connectivity index (χ2n) is 6.25. The Balaban J connectivity index is 1.69. The molecule has 2 heterocycles. The average molecular weight is 267 g/mol. The first kappa shape index (κ1) is 14.8. The van der Waals surface area contributed by atoms with Crippen molar-refractivity contribution in [2.75, 3.05) is 32.7 Å². The Bertz CT molecular complexity index is 289. The second-order valence-corrected chi connectivity index (χ2v) is 6.25. The second kappa shape index (κ2) is 7.25. The maximum absolute atomic E-state index is 12.2. The van der Waals surface area contributed by atoms with E-state index in [1.54, 1.807) is 0 Å². The number of carbonyl (C=O) groups excluding carboxylic acids is 1. The van der Waals surface area contributed by atoms with Gasteiger partial charge in [-0.1, -0.05) is 6.92 Å². The molecule has 2 N–H and O–H groups in total. The van der Waals surface area contributed by atoms with Crippen molar-refractivity contribution < 1.29 is 4.79 Å². The van der Waals surface area contributed by atoms with Crippen molar-refractivity contribution in [2.24, 2.45) is 11.7 Å². The highest BCUT2D eigenvalue weighted by Gasteiger charge is 2.31. The van der Waals surface area contributed by atoms with Crippen LogP contribution in [0.3, 0.4) is 0 Å². The maximum Gasteiger partial charge on any atom is 0.222 e. The number of nitrogens with zero attached hydrogens (tertiary/aromatic N) is 2. The van der Waals surface area contributed by atoms with Gasteiger partial charge in [-0.05, 0) is 57.7 Å². The number of carbonyl (C=O) groups is 1. The van der Waals surface area contributed by atoms with Crippen LogP contribution in [0.25, 0.3) is 0 Å². The van der Waals surface area contributed by atoms with Crippen LogP contribution in [0.5, 0.6) is 0 Å². The van der Waals surface area contributed by atoms with Crippen LogP contribution in [0.15, 0.2) is 0 Å². The lowest BCUT2D eigenvalue weighted by molar-refractivity contribution is -0.130. The summed E-state index contributed by atoms with van der Waals surface area (Å²) < 4.78 is 0. The third-order valence-electron chi connectivity index (χ3n) is 4.68. The first-order valence-corrected chi connectivity index (χ1v) is 7.92. The Morgan fingerprint density at radius 1 is 1.26 bits per heavy atom. The summed E-state index contributed by atoms with van der Waals surface area (Å²) in [5.74, 6) is 0.927. The Kier molecular flexibility index (Phi) is 5.64. The lowest BCUT2D eigenvalue weighted by Gasteiger charge is -2.23. The van der Waals surface area contributed by atoms with Crippen LogP contribution in [-0.4, -0.2) is 54.5 Å². The van der Waals surface area contributed by atoms with Gasteiger partial charge in [-0.25, -0.2) is 0 Å². The van der Waals surface area contributed by atoms with E-state index in [9.17, 15) is 4.79 Å². The molecule has 2 aliphatic rings. The quantitative estimate of drug-likeness (QED) is 0.792. The molecule has 2 rings (SSSR count). The van der Waals surface area contributed by atoms with E-state index in [4.69, 9.17) is 5.73 Å². The van der Waals surface area contributed by atoms with E-state index in [2.05, 4.69) is 16.7 Å². The number of hydrogen-bond acceptors (Lipinski definition) is 3. The molecule has 0 radical (unpaired) electrons. The van der Waals surface area contributed by atoms with Gasteiger partial charge in [0.2, 0.25) is 5.91 Å². The van der Waals surface area contributed by atoms with Gasteiger partial charge in [-0.3, -0.25) is 9.69 Å². The van der Waals surface area contributed by atoms with Crippen molar-refractivity contribution in [2.45, 2.75) is 51.5 Å². The Morgan fingerprint density at radius 2 is 2.00 bits per heavy atom. The summed E-state index contributed by atoms with van der Waals surface area (Å²) in [6, 6.07) is 0.632. The third-order valence-corrected chi connectivity index (χ3v) is 4.68. The molecule has 0 bridgehead atoms. The van der Waals surface area contributed by atoms with Crippen LogP contribution in [0.4, 0.5) is 0 Å². The molecule has 0 aromatic heterocycles. The van der Waals surface area contributed by atoms with Crippen molar-refractivity contribution in [3.63, 3.8) is 0 Å². The molecule has 19 heavy (non-hydrogen) atoms. The fraction of sp³-hybridized carbons (Fsp3) is 0.933. The van der Waals surface area contributed by atoms with Gasteiger partial charge >= 0.3 is 0 Å². The Morgan fingerprint density at radius 3 is 2.68 bits per heavy atom. The fourth-order valence-corrected chi connectivity index (χ4v) is 3.33. The smallest absolute Gasteiger partial charge is 0.222 e. The van der Waals surface area contributed by atoms with Gasteiger partial charge in [-0.2, -0.15) is 0 Å². The number of hydrogen-bond donors (Lipinski definition) is 1. The van der Waals surface area contributed by atoms with Gasteiger partial charge in [-0.15, -0.1) is 0 Å². The van der Waals surface area contributed by atoms with Crippen LogP contribution in [0.2, 0.25) is 0 Å². The van der Waals surface area contributed by atoms with Crippen molar-refractivity contribution in [1.29, 1.82) is 0 Å². The third kappa shape index (κ3) is 4.18. The summed E-state index contributed by atoms with van der Waals surface area (Å²) in [4.78, 5) is 16.8. The van der Waals surface area contributed by atoms with E-state index in [1.165, 1.54) is 32.4 Å². The predicted octanol–water partition coefficient (Wildman–Crippen LogP) is 1.45. The summed E-state index contributed by atoms with van der Waals surface area (Å²) in [6.45, 7) is 7.32. The number of amides is 1. The average Bonchev–Trinajstić information content (AvgIpc) is 3.06. The molecule has 4 heteroatoms. The normalized spacial score (nSPS) is 26.0. The van der Waals surface area contributed by atoms with Crippen molar-refractivity contribution in [3.05, 3.63) is 0 Å². The molecule has 0 aromatic carbocycles. The zero-order valence-electron chi connectivity index (χ0n) is 12.3. The van der Waals surface area contributed by atoms with E-state index >= 15 is 0 Å². The Labute approximate surface area is 117 Å². The van der Waals surface area contributed by atoms with Crippen LogP contribution >= 0.6 is 0 Å². The zero-order chi connectivity index (χ0) is 13.7. The topological polar surface area (TPSA) is 49.6 Å². The van der Waals surface area contributed by atoms with Gasteiger partial charge in [0.25, 0.3) is 0 Å². The molecule has 0 spiro atoms. The van der Waals surface area contributed by atoms with Gasteiger partial charge in [0.15, 0.2) is 0 Å². The van der Waals surface area contributed by atoms with Gasteiger partial charge in [0.1, 0.15) is 0 Å². The largest absolute Gasteiger partial charge is 0.341 e. The molecular weight excluding hydrogens is 238 g/mol. The molecule has 4 nitrogen and oxygen atoms in total. The minimum Gasteiger partial charge on any atom is -0.341 e. The highest BCUT2D eigenvalue weighted by molar-refractivity contribution is 5.76. The van der Waals surface area contributed by atoms with Crippen LogP contribution in [0, 0.1) is 5.92 Å². The highest BCUT2D eigenvalue weighted by Crippen LogP contribution is 2.21. The standard InChI is InChI=1S/C15H29N3O/c1-13(6-8-16)4-5-15(19)18-11-7-14(12-18)17-9-2-3-10-17/h13-14H,2-12,16H2,1H3. The van der Waals surface area contributed by atoms with Gasteiger partial charge in [0, 0.05) is 25.6 Å². The summed E-state index contributed by atoms with van der Waals surface area (Å²) in [6.07, 6.45) is 6.56. The first-order valence-electron chi connectivity index (χ1n) is 7.92. The monoisotopic (exact) mass is 267 g/mol. The van der Waals surface area contributed by atoms with E-state index in [1.807, 2.05) is 0 Å². The van der Waals surface area contributed by atoms with Crippen LogP contribution < -0.4 is 5.73 Å². The molecule has 2 unspecified atom stereocenters. The maximum atomic E-state index is 12.2. The highest BCUT2D eigenvalue weighted by atomic mass is 16.2. The number of likely N-dealkylation sites (tertiary alicyclic amines) is 2.